The molecule has 0 atom stereocenters. The third-order valence-corrected chi connectivity index (χ3v) is 5.42. The number of likely N-dealkylation sites (tertiary alicyclic amines) is 1. The minimum atomic E-state index is -1.03. The topological polar surface area (TPSA) is 88.4 Å². The van der Waals surface area contributed by atoms with Crippen molar-refractivity contribution < 1.29 is 14.1 Å². The van der Waals surface area contributed by atoms with Crippen LogP contribution in [0.4, 0.5) is 0 Å². The van der Waals surface area contributed by atoms with Gasteiger partial charge in [0.25, 0.3) is 5.91 Å². The smallest absolute Gasteiger partial charge is 0.439 e. The van der Waals surface area contributed by atoms with Crippen molar-refractivity contribution in [3.05, 3.63) is 69.1 Å². The van der Waals surface area contributed by atoms with Crippen molar-refractivity contribution in [3.63, 3.8) is 0 Å². The number of H-pyrrole nitrogens is 1. The lowest BCUT2D eigenvalue weighted by Gasteiger charge is -2.43. The van der Waals surface area contributed by atoms with Crippen molar-refractivity contribution in [2.24, 2.45) is 0 Å². The minimum absolute atomic E-state index is 0.0657. The summed E-state index contributed by atoms with van der Waals surface area (Å²) >= 11 is 3.49. The highest BCUT2D eigenvalue weighted by molar-refractivity contribution is 9.10. The number of nitrogens with one attached hydrogen (secondary N) is 1. The van der Waals surface area contributed by atoms with Crippen LogP contribution in [-0.2, 0) is 4.79 Å². The van der Waals surface area contributed by atoms with E-state index in [4.69, 9.17) is 4.74 Å². The molecule has 0 radical (unpaired) electrons. The quantitative estimate of drug-likeness (QED) is 0.632. The Balaban J connectivity index is 1.42. The van der Waals surface area contributed by atoms with Gasteiger partial charge in [-0.2, -0.15) is 0 Å². The van der Waals surface area contributed by atoms with Crippen LogP contribution in [0.2, 0.25) is 0 Å². The standard InChI is InChI=1S/C21H20BrN3O4/c1-21(2,19(26)25-11-15(12-25)13-5-3-7-16(22)9-13)28-17-8-4-6-14(10-17)18-23-20(27)29-24-18/h3-10,15H,11-12H2,1-2H3,(H,23,24,27). The summed E-state index contributed by atoms with van der Waals surface area (Å²) in [5.74, 6) is 0.459. The van der Waals surface area contributed by atoms with Crippen molar-refractivity contribution in [2.75, 3.05) is 13.1 Å². The number of aromatic amines is 1. The Kier molecular flexibility index (Phi) is 5.04. The highest BCUT2D eigenvalue weighted by Crippen LogP contribution is 2.32. The molecule has 1 saturated heterocycles. The van der Waals surface area contributed by atoms with Gasteiger partial charge in [-0.1, -0.05) is 45.4 Å². The summed E-state index contributed by atoms with van der Waals surface area (Å²) in [7, 11) is 0. The number of ether oxygens (including phenoxy) is 1. The summed E-state index contributed by atoms with van der Waals surface area (Å²) in [5.41, 5.74) is 0.824. The molecule has 0 saturated carbocycles. The highest BCUT2D eigenvalue weighted by Gasteiger charge is 2.40. The van der Waals surface area contributed by atoms with Crippen LogP contribution in [0, 0.1) is 0 Å². The molecule has 4 rings (SSSR count). The zero-order valence-electron chi connectivity index (χ0n) is 16.0. The zero-order valence-corrected chi connectivity index (χ0v) is 17.6. The van der Waals surface area contributed by atoms with Crippen LogP contribution in [-0.4, -0.2) is 39.6 Å². The number of hydrogen-bond acceptors (Lipinski definition) is 5. The van der Waals surface area contributed by atoms with E-state index in [9.17, 15) is 9.59 Å². The molecule has 1 amide bonds. The molecular weight excluding hydrogens is 438 g/mol. The van der Waals surface area contributed by atoms with Gasteiger partial charge in [-0.05, 0) is 43.7 Å². The highest BCUT2D eigenvalue weighted by atomic mass is 79.9. The van der Waals surface area contributed by atoms with E-state index in [1.165, 1.54) is 5.56 Å². The first-order valence-corrected chi connectivity index (χ1v) is 10.0. The second kappa shape index (κ2) is 7.51. The number of hydrogen-bond donors (Lipinski definition) is 1. The Morgan fingerprint density at radius 2 is 2.00 bits per heavy atom. The van der Waals surface area contributed by atoms with Gasteiger partial charge >= 0.3 is 5.76 Å². The molecule has 150 valence electrons. The monoisotopic (exact) mass is 457 g/mol. The molecule has 0 unspecified atom stereocenters. The van der Waals surface area contributed by atoms with E-state index in [0.29, 0.717) is 36.1 Å². The largest absolute Gasteiger partial charge is 0.478 e. The first-order chi connectivity index (χ1) is 13.8. The predicted molar refractivity (Wildman–Crippen MR) is 111 cm³/mol. The van der Waals surface area contributed by atoms with E-state index < -0.39 is 11.4 Å². The van der Waals surface area contributed by atoms with E-state index in [1.807, 2.05) is 17.0 Å². The van der Waals surface area contributed by atoms with Crippen molar-refractivity contribution in [1.29, 1.82) is 0 Å². The lowest BCUT2D eigenvalue weighted by Crippen LogP contribution is -2.57. The van der Waals surface area contributed by atoms with Gasteiger partial charge in [0.05, 0.1) is 0 Å². The first kappa shape index (κ1) is 19.4. The second-order valence-electron chi connectivity index (χ2n) is 7.55. The number of carbonyl (C=O) groups is 1. The number of benzene rings is 2. The molecular formula is C21H20BrN3O4. The fourth-order valence-electron chi connectivity index (χ4n) is 3.40. The minimum Gasteiger partial charge on any atom is -0.478 e. The molecule has 2 aromatic carbocycles. The molecule has 1 N–H and O–H groups in total. The Bertz CT molecular complexity index is 1100. The Hall–Kier alpha value is -2.87. The maximum absolute atomic E-state index is 13.0. The molecule has 29 heavy (non-hydrogen) atoms. The molecule has 0 bridgehead atoms. The number of nitrogens with zero attached hydrogens (tertiary/aromatic N) is 2. The number of aromatic nitrogens is 2. The van der Waals surface area contributed by atoms with Gasteiger partial charge in [-0.15, -0.1) is 0 Å². The third-order valence-electron chi connectivity index (χ3n) is 4.92. The first-order valence-electron chi connectivity index (χ1n) is 9.22. The van der Waals surface area contributed by atoms with E-state index in [1.54, 1.807) is 38.1 Å². The lowest BCUT2D eigenvalue weighted by molar-refractivity contribution is -0.150. The molecule has 0 spiro atoms. The van der Waals surface area contributed by atoms with Crippen LogP contribution in [0.15, 0.2) is 62.3 Å². The van der Waals surface area contributed by atoms with E-state index >= 15 is 0 Å². The molecule has 0 aliphatic carbocycles. The third kappa shape index (κ3) is 4.12. The summed E-state index contributed by atoms with van der Waals surface area (Å²) < 4.78 is 11.6. The number of halogens is 1. The van der Waals surface area contributed by atoms with Gasteiger partial charge < -0.3 is 9.64 Å². The van der Waals surface area contributed by atoms with Crippen molar-refractivity contribution in [2.45, 2.75) is 25.4 Å². The number of amides is 1. The van der Waals surface area contributed by atoms with Gasteiger partial charge in [0.1, 0.15) is 5.75 Å². The van der Waals surface area contributed by atoms with Crippen LogP contribution in [0.1, 0.15) is 25.3 Å². The Morgan fingerprint density at radius 1 is 1.24 bits per heavy atom. The molecule has 1 aliphatic rings. The average molecular weight is 458 g/mol. The Labute approximate surface area is 175 Å². The molecule has 1 fully saturated rings. The SMILES string of the molecule is CC(C)(Oc1cccc(-c2noc(=O)[nH]2)c1)C(=O)N1CC(c2cccc(Br)c2)C1. The van der Waals surface area contributed by atoms with Crippen LogP contribution < -0.4 is 10.5 Å². The molecule has 8 heteroatoms. The predicted octanol–water partition coefficient (Wildman–Crippen LogP) is 3.58. The summed E-state index contributed by atoms with van der Waals surface area (Å²) in [6.45, 7) is 4.85. The molecule has 1 aliphatic heterocycles. The van der Waals surface area contributed by atoms with E-state index in [-0.39, 0.29) is 5.91 Å². The Morgan fingerprint density at radius 3 is 2.69 bits per heavy atom. The summed E-state index contributed by atoms with van der Waals surface area (Å²) in [5, 5.41) is 3.68. The van der Waals surface area contributed by atoms with Crippen molar-refractivity contribution in [1.82, 2.24) is 15.0 Å². The van der Waals surface area contributed by atoms with Crippen LogP contribution in [0.3, 0.4) is 0 Å². The summed E-state index contributed by atoms with van der Waals surface area (Å²) in [6.07, 6.45) is 0. The molecule has 1 aromatic heterocycles. The van der Waals surface area contributed by atoms with Crippen LogP contribution in [0.5, 0.6) is 5.75 Å². The zero-order chi connectivity index (χ0) is 20.6. The van der Waals surface area contributed by atoms with Gasteiger partial charge in [0, 0.05) is 29.0 Å². The fourth-order valence-corrected chi connectivity index (χ4v) is 3.81. The van der Waals surface area contributed by atoms with Gasteiger partial charge in [0.2, 0.25) is 0 Å². The molecule has 2 heterocycles. The fraction of sp³-hybridized carbons (Fsp3) is 0.286. The normalized spacial score (nSPS) is 14.5. The number of carbonyl (C=O) groups excluding carboxylic acids is 1. The van der Waals surface area contributed by atoms with Crippen LogP contribution in [0.25, 0.3) is 11.4 Å². The molecule has 3 aromatic rings. The van der Waals surface area contributed by atoms with Gasteiger partial charge in [-0.25, -0.2) is 4.79 Å². The maximum atomic E-state index is 13.0. The van der Waals surface area contributed by atoms with Gasteiger partial charge in [-0.3, -0.25) is 14.3 Å². The van der Waals surface area contributed by atoms with Crippen LogP contribution >= 0.6 is 15.9 Å². The number of rotatable bonds is 5. The average Bonchev–Trinajstić information content (AvgIpc) is 3.07. The summed E-state index contributed by atoms with van der Waals surface area (Å²) in [4.78, 5) is 28.4. The van der Waals surface area contributed by atoms with E-state index in [2.05, 4.69) is 42.7 Å². The summed E-state index contributed by atoms with van der Waals surface area (Å²) in [6, 6.07) is 15.2. The van der Waals surface area contributed by atoms with E-state index in [0.717, 1.165) is 4.47 Å². The molecule has 7 nitrogen and oxygen atoms in total. The second-order valence-corrected chi connectivity index (χ2v) is 8.46. The van der Waals surface area contributed by atoms with Crippen molar-refractivity contribution in [3.8, 4) is 17.1 Å². The lowest BCUT2D eigenvalue weighted by atomic mass is 9.90. The van der Waals surface area contributed by atoms with Gasteiger partial charge in [0.15, 0.2) is 11.4 Å². The maximum Gasteiger partial charge on any atom is 0.439 e. The van der Waals surface area contributed by atoms with Crippen molar-refractivity contribution >= 4 is 21.8 Å².